The van der Waals surface area contributed by atoms with Crippen molar-refractivity contribution in [2.24, 2.45) is 7.05 Å². The SMILES string of the molecule is CC(C(=O)N1CCn2ncc(Br)c21)c1cnn(C)c1. The lowest BCUT2D eigenvalue weighted by Gasteiger charge is -2.19. The molecule has 1 amide bonds. The summed E-state index contributed by atoms with van der Waals surface area (Å²) in [5.74, 6) is 0.718. The Kier molecular flexibility index (Phi) is 2.93. The van der Waals surface area contributed by atoms with Crippen molar-refractivity contribution in [3.8, 4) is 0 Å². The van der Waals surface area contributed by atoms with Crippen LogP contribution in [0.25, 0.3) is 0 Å². The number of hydrogen-bond acceptors (Lipinski definition) is 3. The minimum atomic E-state index is -0.206. The Morgan fingerprint density at radius 2 is 2.16 bits per heavy atom. The molecule has 0 bridgehead atoms. The summed E-state index contributed by atoms with van der Waals surface area (Å²) < 4.78 is 4.41. The fourth-order valence-electron chi connectivity index (χ4n) is 2.34. The first-order valence-electron chi connectivity index (χ1n) is 6.09. The number of nitrogens with zero attached hydrogens (tertiary/aromatic N) is 5. The van der Waals surface area contributed by atoms with E-state index in [2.05, 4.69) is 26.1 Å². The van der Waals surface area contributed by atoms with E-state index < -0.39 is 0 Å². The third kappa shape index (κ3) is 1.98. The van der Waals surface area contributed by atoms with Gasteiger partial charge in [-0.1, -0.05) is 0 Å². The molecule has 0 fully saturated rings. The molecule has 3 heterocycles. The number of carbonyl (C=O) groups is 1. The molecule has 100 valence electrons. The number of anilines is 1. The zero-order chi connectivity index (χ0) is 13.6. The Morgan fingerprint density at radius 3 is 2.84 bits per heavy atom. The van der Waals surface area contributed by atoms with E-state index in [1.165, 1.54) is 0 Å². The second kappa shape index (κ2) is 4.48. The molecule has 19 heavy (non-hydrogen) atoms. The van der Waals surface area contributed by atoms with Gasteiger partial charge in [0.15, 0.2) is 0 Å². The highest BCUT2D eigenvalue weighted by molar-refractivity contribution is 9.10. The van der Waals surface area contributed by atoms with E-state index >= 15 is 0 Å². The van der Waals surface area contributed by atoms with Gasteiger partial charge in [0.05, 0.1) is 29.3 Å². The van der Waals surface area contributed by atoms with Crippen LogP contribution in [0, 0.1) is 0 Å². The standard InChI is InChI=1S/C12H14BrN5O/c1-8(9-5-14-16(2)7-9)12(19)17-3-4-18-11(17)10(13)6-15-18/h5-8H,3-4H2,1-2H3. The monoisotopic (exact) mass is 323 g/mol. The maximum absolute atomic E-state index is 12.6. The van der Waals surface area contributed by atoms with Gasteiger partial charge >= 0.3 is 0 Å². The van der Waals surface area contributed by atoms with E-state index in [4.69, 9.17) is 0 Å². The third-order valence-corrected chi connectivity index (χ3v) is 3.98. The van der Waals surface area contributed by atoms with Crippen molar-refractivity contribution in [1.82, 2.24) is 19.6 Å². The number of fused-ring (bicyclic) bond motifs is 1. The summed E-state index contributed by atoms with van der Waals surface area (Å²) in [7, 11) is 1.85. The van der Waals surface area contributed by atoms with Crippen LogP contribution in [-0.2, 0) is 18.4 Å². The Labute approximate surface area is 119 Å². The second-order valence-electron chi connectivity index (χ2n) is 4.70. The largest absolute Gasteiger partial charge is 0.294 e. The quantitative estimate of drug-likeness (QED) is 0.842. The van der Waals surface area contributed by atoms with Gasteiger partial charge in [-0.25, -0.2) is 4.68 Å². The van der Waals surface area contributed by atoms with Crippen LogP contribution in [0.2, 0.25) is 0 Å². The molecule has 6 nitrogen and oxygen atoms in total. The van der Waals surface area contributed by atoms with E-state index in [0.717, 1.165) is 22.4 Å². The summed E-state index contributed by atoms with van der Waals surface area (Å²) in [5, 5.41) is 8.34. The average Bonchev–Trinajstić information content (AvgIpc) is 3.06. The summed E-state index contributed by atoms with van der Waals surface area (Å²) in [6, 6.07) is 0. The Hall–Kier alpha value is -1.63. The molecular formula is C12H14BrN5O. The molecule has 2 aromatic heterocycles. The van der Waals surface area contributed by atoms with Gasteiger partial charge in [0.25, 0.3) is 0 Å². The van der Waals surface area contributed by atoms with Gasteiger partial charge in [0.1, 0.15) is 5.82 Å². The Bertz CT molecular complexity index is 632. The molecule has 0 radical (unpaired) electrons. The van der Waals surface area contributed by atoms with Crippen molar-refractivity contribution in [1.29, 1.82) is 0 Å². The maximum atomic E-state index is 12.6. The molecule has 7 heteroatoms. The van der Waals surface area contributed by atoms with E-state index in [0.29, 0.717) is 6.54 Å². The highest BCUT2D eigenvalue weighted by Gasteiger charge is 2.31. The third-order valence-electron chi connectivity index (χ3n) is 3.42. The van der Waals surface area contributed by atoms with E-state index in [1.54, 1.807) is 22.0 Å². The van der Waals surface area contributed by atoms with Gasteiger partial charge in [-0.2, -0.15) is 10.2 Å². The molecule has 3 rings (SSSR count). The van der Waals surface area contributed by atoms with Gasteiger partial charge in [0.2, 0.25) is 5.91 Å². The van der Waals surface area contributed by atoms with Crippen molar-refractivity contribution >= 4 is 27.7 Å². The highest BCUT2D eigenvalue weighted by Crippen LogP contribution is 2.32. The van der Waals surface area contributed by atoms with Crippen LogP contribution in [0.5, 0.6) is 0 Å². The van der Waals surface area contributed by atoms with E-state index in [1.807, 2.05) is 24.9 Å². The fraction of sp³-hybridized carbons (Fsp3) is 0.417. The molecule has 0 saturated carbocycles. The van der Waals surface area contributed by atoms with E-state index in [9.17, 15) is 4.79 Å². The first kappa shape index (κ1) is 12.4. The molecule has 1 aliphatic rings. The number of halogens is 1. The van der Waals surface area contributed by atoms with Crippen molar-refractivity contribution in [3.63, 3.8) is 0 Å². The highest BCUT2D eigenvalue weighted by atomic mass is 79.9. The molecule has 1 atom stereocenters. The number of amides is 1. The fourth-order valence-corrected chi connectivity index (χ4v) is 2.85. The van der Waals surface area contributed by atoms with Crippen LogP contribution < -0.4 is 4.90 Å². The van der Waals surface area contributed by atoms with Crippen LogP contribution in [0.4, 0.5) is 5.82 Å². The van der Waals surface area contributed by atoms with Crippen molar-refractivity contribution in [2.75, 3.05) is 11.4 Å². The summed E-state index contributed by atoms with van der Waals surface area (Å²) in [5.41, 5.74) is 0.932. The van der Waals surface area contributed by atoms with Crippen LogP contribution in [0.1, 0.15) is 18.4 Å². The average molecular weight is 324 g/mol. The molecular weight excluding hydrogens is 310 g/mol. The van der Waals surface area contributed by atoms with E-state index in [-0.39, 0.29) is 11.8 Å². The summed E-state index contributed by atoms with van der Waals surface area (Å²) in [6.45, 7) is 3.32. The zero-order valence-electron chi connectivity index (χ0n) is 10.7. The Morgan fingerprint density at radius 1 is 1.37 bits per heavy atom. The van der Waals surface area contributed by atoms with Gasteiger partial charge in [0, 0.05) is 25.4 Å². The number of rotatable bonds is 2. The van der Waals surface area contributed by atoms with Gasteiger partial charge in [-0.15, -0.1) is 0 Å². The number of carbonyl (C=O) groups excluding carboxylic acids is 1. The van der Waals surface area contributed by atoms with Gasteiger partial charge in [-0.3, -0.25) is 14.4 Å². The van der Waals surface area contributed by atoms with Crippen molar-refractivity contribution in [3.05, 3.63) is 28.6 Å². The topological polar surface area (TPSA) is 56.0 Å². The first-order chi connectivity index (χ1) is 9.08. The lowest BCUT2D eigenvalue weighted by Crippen LogP contribution is -2.32. The van der Waals surface area contributed by atoms with Gasteiger partial charge < -0.3 is 0 Å². The molecule has 0 spiro atoms. The smallest absolute Gasteiger partial charge is 0.235 e. The van der Waals surface area contributed by atoms with Crippen LogP contribution in [0.15, 0.2) is 23.1 Å². The van der Waals surface area contributed by atoms with Gasteiger partial charge in [-0.05, 0) is 22.9 Å². The number of aryl methyl sites for hydroxylation is 1. The summed E-state index contributed by atoms with van der Waals surface area (Å²) in [6.07, 6.45) is 5.35. The zero-order valence-corrected chi connectivity index (χ0v) is 12.3. The predicted molar refractivity (Wildman–Crippen MR) is 73.9 cm³/mol. The van der Waals surface area contributed by atoms with Crippen LogP contribution in [-0.4, -0.2) is 32.0 Å². The van der Waals surface area contributed by atoms with Crippen LogP contribution in [0.3, 0.4) is 0 Å². The minimum absolute atomic E-state index is 0.0768. The molecule has 1 aliphatic heterocycles. The molecule has 0 saturated heterocycles. The van der Waals surface area contributed by atoms with Crippen LogP contribution >= 0.6 is 15.9 Å². The molecule has 0 aromatic carbocycles. The second-order valence-corrected chi connectivity index (χ2v) is 5.55. The van der Waals surface area contributed by atoms with Crippen molar-refractivity contribution in [2.45, 2.75) is 19.4 Å². The molecule has 1 unspecified atom stereocenters. The molecule has 0 aliphatic carbocycles. The lowest BCUT2D eigenvalue weighted by atomic mass is 10.0. The molecule has 2 aromatic rings. The molecule has 0 N–H and O–H groups in total. The lowest BCUT2D eigenvalue weighted by molar-refractivity contribution is -0.119. The number of hydrogen-bond donors (Lipinski definition) is 0. The minimum Gasteiger partial charge on any atom is -0.294 e. The summed E-state index contributed by atoms with van der Waals surface area (Å²) in [4.78, 5) is 14.4. The predicted octanol–water partition coefficient (Wildman–Crippen LogP) is 1.53. The maximum Gasteiger partial charge on any atom is 0.235 e. The van der Waals surface area contributed by atoms with Crippen molar-refractivity contribution < 1.29 is 4.79 Å². The number of aromatic nitrogens is 4. The first-order valence-corrected chi connectivity index (χ1v) is 6.88. The normalized spacial score (nSPS) is 15.6. The summed E-state index contributed by atoms with van der Waals surface area (Å²) >= 11 is 3.44. The Balaban J connectivity index is 1.87.